The molecule has 8 aromatic rings. The van der Waals surface area contributed by atoms with Crippen molar-refractivity contribution in [1.82, 2.24) is 14.4 Å². The van der Waals surface area contributed by atoms with Crippen LogP contribution in [-0.4, -0.2) is 19.5 Å². The van der Waals surface area contributed by atoms with Crippen LogP contribution in [0.4, 0.5) is 0 Å². The predicted molar refractivity (Wildman–Crippen MR) is 201 cm³/mol. The fraction of sp³-hybridized carbons (Fsp3) is 0.227. The van der Waals surface area contributed by atoms with Gasteiger partial charge in [-0.1, -0.05) is 102 Å². The van der Waals surface area contributed by atoms with Gasteiger partial charge >= 0.3 is 0 Å². The van der Waals surface area contributed by atoms with E-state index in [-0.39, 0.29) is 16.7 Å². The molecule has 0 spiro atoms. The SMILES string of the molecule is Cc1c(O)n2c3nc(-c4cc(-c5cc(-c6ccccc6)ccn5)cc(C(C)(C)C)c4)cc4cc(CC(C)(C)C)cc(c5cccc1c52)c43. The Hall–Kier alpha value is -5.22. The second kappa shape index (κ2) is 10.6. The zero-order chi connectivity index (χ0) is 33.5. The third-order valence-electron chi connectivity index (χ3n) is 9.68. The van der Waals surface area contributed by atoms with E-state index in [9.17, 15) is 5.11 Å². The highest BCUT2D eigenvalue weighted by Crippen LogP contribution is 2.43. The van der Waals surface area contributed by atoms with Gasteiger partial charge in [0.1, 0.15) is 5.65 Å². The average molecular weight is 628 g/mol. The standard InChI is InChI=1S/C44H41N3O/c1-26-34-14-11-15-35-36-19-27(25-43(2,3)4)18-32-24-38(46-41(39(32)36)47(40(34)35)42(26)48)31-20-30(21-33(22-31)44(5,6)7)37-23-29(16-17-45-37)28-12-9-8-10-13-28/h8-24,48H,25H2,1-7H3. The first-order valence-electron chi connectivity index (χ1n) is 16.8. The van der Waals surface area contributed by atoms with Crippen LogP contribution in [0.25, 0.3) is 71.7 Å². The molecule has 0 aliphatic heterocycles. The van der Waals surface area contributed by atoms with Gasteiger partial charge < -0.3 is 5.11 Å². The summed E-state index contributed by atoms with van der Waals surface area (Å²) in [4.78, 5) is 10.3. The number of hydrogen-bond acceptors (Lipinski definition) is 3. The summed E-state index contributed by atoms with van der Waals surface area (Å²) in [7, 11) is 0. The van der Waals surface area contributed by atoms with Gasteiger partial charge in [-0.2, -0.15) is 0 Å². The van der Waals surface area contributed by atoms with E-state index in [1.54, 1.807) is 0 Å². The van der Waals surface area contributed by atoms with Crippen LogP contribution in [0.1, 0.15) is 58.2 Å². The van der Waals surface area contributed by atoms with Crippen molar-refractivity contribution in [1.29, 1.82) is 0 Å². The molecule has 4 aromatic carbocycles. The van der Waals surface area contributed by atoms with Crippen LogP contribution in [0.3, 0.4) is 0 Å². The topological polar surface area (TPSA) is 50.4 Å². The van der Waals surface area contributed by atoms with E-state index < -0.39 is 0 Å². The van der Waals surface area contributed by atoms with Crippen molar-refractivity contribution < 1.29 is 5.11 Å². The molecule has 0 aliphatic rings. The Labute approximate surface area is 282 Å². The Bertz CT molecular complexity index is 2510. The molecule has 48 heavy (non-hydrogen) atoms. The summed E-state index contributed by atoms with van der Waals surface area (Å²) >= 11 is 0. The zero-order valence-corrected chi connectivity index (χ0v) is 28.8. The molecule has 4 aromatic heterocycles. The number of hydrogen-bond donors (Lipinski definition) is 1. The minimum absolute atomic E-state index is 0.0964. The van der Waals surface area contributed by atoms with Gasteiger partial charge in [0.25, 0.3) is 0 Å². The highest BCUT2D eigenvalue weighted by molar-refractivity contribution is 6.22. The maximum Gasteiger partial charge on any atom is 0.201 e. The summed E-state index contributed by atoms with van der Waals surface area (Å²) < 4.78 is 1.97. The van der Waals surface area contributed by atoms with Crippen molar-refractivity contribution in [2.45, 2.75) is 60.3 Å². The smallest absolute Gasteiger partial charge is 0.201 e. The molecule has 0 radical (unpaired) electrons. The molecule has 0 amide bonds. The molecule has 0 fully saturated rings. The zero-order valence-electron chi connectivity index (χ0n) is 28.8. The van der Waals surface area contributed by atoms with Crippen LogP contribution in [0.5, 0.6) is 5.88 Å². The Morgan fingerprint density at radius 3 is 2.12 bits per heavy atom. The summed E-state index contributed by atoms with van der Waals surface area (Å²) in [5.41, 5.74) is 11.4. The highest BCUT2D eigenvalue weighted by atomic mass is 16.3. The van der Waals surface area contributed by atoms with E-state index in [4.69, 9.17) is 9.97 Å². The molecule has 238 valence electrons. The van der Waals surface area contributed by atoms with Crippen molar-refractivity contribution in [3.05, 3.63) is 120 Å². The summed E-state index contributed by atoms with van der Waals surface area (Å²) in [5.74, 6) is 0.249. The lowest BCUT2D eigenvalue weighted by Gasteiger charge is -2.22. The Morgan fingerprint density at radius 1 is 0.667 bits per heavy atom. The van der Waals surface area contributed by atoms with Crippen molar-refractivity contribution in [3.8, 4) is 39.5 Å². The third-order valence-corrected chi connectivity index (χ3v) is 9.68. The number of benzene rings is 4. The molecule has 1 N–H and O–H groups in total. The van der Waals surface area contributed by atoms with Crippen molar-refractivity contribution in [3.63, 3.8) is 0 Å². The van der Waals surface area contributed by atoms with E-state index in [1.165, 1.54) is 22.1 Å². The van der Waals surface area contributed by atoms with E-state index >= 15 is 0 Å². The number of para-hydroxylation sites is 1. The van der Waals surface area contributed by atoms with Crippen LogP contribution < -0.4 is 0 Å². The number of aromatic nitrogens is 3. The second-order valence-electron chi connectivity index (χ2n) is 15.6. The van der Waals surface area contributed by atoms with Gasteiger partial charge in [-0.25, -0.2) is 4.98 Å². The van der Waals surface area contributed by atoms with Crippen LogP contribution in [-0.2, 0) is 11.8 Å². The lowest BCUT2D eigenvalue weighted by atomic mass is 9.84. The second-order valence-corrected chi connectivity index (χ2v) is 15.6. The molecule has 0 aliphatic carbocycles. The number of nitrogens with zero attached hydrogens (tertiary/aromatic N) is 3. The normalized spacial score (nSPS) is 12.6. The molecule has 0 unspecified atom stereocenters. The first-order chi connectivity index (χ1) is 22.9. The van der Waals surface area contributed by atoms with Crippen molar-refractivity contribution in [2.75, 3.05) is 0 Å². The van der Waals surface area contributed by atoms with E-state index in [0.29, 0.717) is 0 Å². The van der Waals surface area contributed by atoms with Gasteiger partial charge in [-0.15, -0.1) is 0 Å². The van der Waals surface area contributed by atoms with Gasteiger partial charge in [-0.3, -0.25) is 9.38 Å². The molecule has 0 bridgehead atoms. The molecule has 0 saturated heterocycles. The largest absolute Gasteiger partial charge is 0.494 e. The molecular weight excluding hydrogens is 587 g/mol. The van der Waals surface area contributed by atoms with Gasteiger partial charge in [0.2, 0.25) is 5.88 Å². The predicted octanol–water partition coefficient (Wildman–Crippen LogP) is 11.5. The lowest BCUT2D eigenvalue weighted by Crippen LogP contribution is -2.11. The van der Waals surface area contributed by atoms with Crippen molar-refractivity contribution in [2.24, 2.45) is 5.41 Å². The van der Waals surface area contributed by atoms with Crippen LogP contribution in [0.2, 0.25) is 0 Å². The lowest BCUT2D eigenvalue weighted by molar-refractivity contribution is 0.411. The maximum atomic E-state index is 11.6. The van der Waals surface area contributed by atoms with Gasteiger partial charge in [0, 0.05) is 39.0 Å². The first kappa shape index (κ1) is 30.1. The van der Waals surface area contributed by atoms with E-state index in [1.807, 2.05) is 23.6 Å². The fourth-order valence-corrected chi connectivity index (χ4v) is 7.34. The Balaban J connectivity index is 1.43. The number of rotatable bonds is 4. The van der Waals surface area contributed by atoms with E-state index in [0.717, 1.165) is 72.8 Å². The van der Waals surface area contributed by atoms with Crippen LogP contribution in [0.15, 0.2) is 103 Å². The van der Waals surface area contributed by atoms with Crippen molar-refractivity contribution >= 4 is 38.1 Å². The number of aryl methyl sites for hydroxylation is 1. The average Bonchev–Trinajstić information content (AvgIpc) is 3.32. The molecule has 0 saturated carbocycles. The summed E-state index contributed by atoms with van der Waals surface area (Å²) in [6, 6.07) is 34.8. The minimum atomic E-state index is -0.0964. The fourth-order valence-electron chi connectivity index (χ4n) is 7.34. The molecule has 4 nitrogen and oxygen atoms in total. The van der Waals surface area contributed by atoms with Gasteiger partial charge in [0.05, 0.1) is 16.9 Å². The molecule has 4 heteroatoms. The number of pyridine rings is 3. The summed E-state index contributed by atoms with van der Waals surface area (Å²) in [5, 5.41) is 17.2. The van der Waals surface area contributed by atoms with Gasteiger partial charge in [0.15, 0.2) is 0 Å². The van der Waals surface area contributed by atoms with E-state index in [2.05, 4.69) is 133 Å². The van der Waals surface area contributed by atoms with Crippen LogP contribution >= 0.6 is 0 Å². The molecule has 4 heterocycles. The van der Waals surface area contributed by atoms with Gasteiger partial charge in [-0.05, 0) is 93.6 Å². The molecular formula is C44H41N3O. The molecule has 0 atom stereocenters. The first-order valence-corrected chi connectivity index (χ1v) is 16.8. The monoisotopic (exact) mass is 627 g/mol. The number of fused-ring (bicyclic) bond motifs is 2. The Morgan fingerprint density at radius 2 is 1.40 bits per heavy atom. The van der Waals surface area contributed by atoms with Crippen LogP contribution in [0, 0.1) is 12.3 Å². The summed E-state index contributed by atoms with van der Waals surface area (Å²) in [6.07, 6.45) is 2.86. The third kappa shape index (κ3) is 4.98. The quantitative estimate of drug-likeness (QED) is 0.156. The summed E-state index contributed by atoms with van der Waals surface area (Å²) in [6.45, 7) is 15.6. The maximum absolute atomic E-state index is 11.6. The Kier molecular flexibility index (Phi) is 6.68. The minimum Gasteiger partial charge on any atom is -0.494 e. The highest BCUT2D eigenvalue weighted by Gasteiger charge is 2.24. The number of aromatic hydroxyl groups is 1. The molecule has 8 rings (SSSR count).